The van der Waals surface area contributed by atoms with Crippen molar-refractivity contribution in [3.63, 3.8) is 0 Å². The van der Waals surface area contributed by atoms with Gasteiger partial charge in [0.25, 0.3) is 0 Å². The van der Waals surface area contributed by atoms with E-state index < -0.39 is 0 Å². The molecule has 1 rings (SSSR count). The molecule has 1 aliphatic carbocycles. The third-order valence-corrected chi connectivity index (χ3v) is 3.31. The number of hydrogen-bond acceptors (Lipinski definition) is 1. The zero-order valence-corrected chi connectivity index (χ0v) is 9.51. The summed E-state index contributed by atoms with van der Waals surface area (Å²) in [6.45, 7) is 10.3. The maximum Gasteiger partial charge on any atom is 0.00707 e. The van der Waals surface area contributed by atoms with E-state index in [4.69, 9.17) is 5.73 Å². The van der Waals surface area contributed by atoms with E-state index in [1.807, 2.05) is 6.08 Å². The average Bonchev–Trinajstić information content (AvgIpc) is 2.45. The topological polar surface area (TPSA) is 26.0 Å². The Bertz CT molecular complexity index is 284. The molecule has 78 valence electrons. The van der Waals surface area contributed by atoms with E-state index in [0.29, 0.717) is 0 Å². The van der Waals surface area contributed by atoms with Crippen molar-refractivity contribution in [1.29, 1.82) is 0 Å². The second kappa shape index (κ2) is 4.14. The standard InChI is InChI=1S/C13H21N/c1-5-7-12-9-13(4,10(3)14)8-11(12)6-2/h5-7,10H,2,8-9,14H2,1,3-4H3/b7-5-. The van der Waals surface area contributed by atoms with Crippen molar-refractivity contribution in [1.82, 2.24) is 0 Å². The summed E-state index contributed by atoms with van der Waals surface area (Å²) in [4.78, 5) is 0. The third-order valence-electron chi connectivity index (χ3n) is 3.31. The van der Waals surface area contributed by atoms with Crippen LogP contribution in [0, 0.1) is 5.41 Å². The molecule has 2 atom stereocenters. The van der Waals surface area contributed by atoms with Crippen molar-refractivity contribution in [3.05, 3.63) is 36.0 Å². The normalized spacial score (nSPS) is 30.0. The van der Waals surface area contributed by atoms with Crippen LogP contribution in [0.2, 0.25) is 0 Å². The highest BCUT2D eigenvalue weighted by atomic mass is 14.7. The van der Waals surface area contributed by atoms with Crippen LogP contribution >= 0.6 is 0 Å². The van der Waals surface area contributed by atoms with E-state index in [-0.39, 0.29) is 11.5 Å². The highest BCUT2D eigenvalue weighted by Gasteiger charge is 2.35. The van der Waals surface area contributed by atoms with Gasteiger partial charge in [0.15, 0.2) is 0 Å². The fourth-order valence-corrected chi connectivity index (χ4v) is 2.05. The molecule has 0 aromatic rings. The van der Waals surface area contributed by atoms with Gasteiger partial charge in [-0.25, -0.2) is 0 Å². The molecule has 0 aromatic carbocycles. The molecule has 0 bridgehead atoms. The van der Waals surface area contributed by atoms with E-state index in [2.05, 4.69) is 39.5 Å². The van der Waals surface area contributed by atoms with Crippen LogP contribution in [0.5, 0.6) is 0 Å². The summed E-state index contributed by atoms with van der Waals surface area (Å²) in [6.07, 6.45) is 8.39. The van der Waals surface area contributed by atoms with Crippen molar-refractivity contribution in [2.24, 2.45) is 11.1 Å². The van der Waals surface area contributed by atoms with Gasteiger partial charge in [-0.1, -0.05) is 31.7 Å². The second-order valence-corrected chi connectivity index (χ2v) is 4.55. The molecular weight excluding hydrogens is 170 g/mol. The second-order valence-electron chi connectivity index (χ2n) is 4.55. The van der Waals surface area contributed by atoms with Crippen molar-refractivity contribution in [3.8, 4) is 0 Å². The van der Waals surface area contributed by atoms with Crippen molar-refractivity contribution < 1.29 is 0 Å². The monoisotopic (exact) mass is 191 g/mol. The summed E-state index contributed by atoms with van der Waals surface area (Å²) >= 11 is 0. The lowest BCUT2D eigenvalue weighted by Gasteiger charge is -2.28. The van der Waals surface area contributed by atoms with Crippen molar-refractivity contribution in [2.75, 3.05) is 0 Å². The molecule has 0 aliphatic heterocycles. The van der Waals surface area contributed by atoms with Gasteiger partial charge >= 0.3 is 0 Å². The summed E-state index contributed by atoms with van der Waals surface area (Å²) in [5, 5.41) is 0. The Morgan fingerprint density at radius 2 is 2.00 bits per heavy atom. The zero-order chi connectivity index (χ0) is 10.8. The Morgan fingerprint density at radius 3 is 2.43 bits per heavy atom. The first-order chi connectivity index (χ1) is 6.53. The summed E-state index contributed by atoms with van der Waals surface area (Å²) in [5.41, 5.74) is 9.01. The Morgan fingerprint density at radius 1 is 1.43 bits per heavy atom. The third kappa shape index (κ3) is 1.98. The summed E-state index contributed by atoms with van der Waals surface area (Å²) in [7, 11) is 0. The first-order valence-electron chi connectivity index (χ1n) is 5.26. The highest BCUT2D eigenvalue weighted by Crippen LogP contribution is 2.44. The fraction of sp³-hybridized carbons (Fsp3) is 0.538. The molecule has 1 aliphatic rings. The molecule has 2 N–H and O–H groups in total. The Labute approximate surface area is 87.4 Å². The first-order valence-corrected chi connectivity index (χ1v) is 5.26. The van der Waals surface area contributed by atoms with Crippen LogP contribution in [0.15, 0.2) is 36.0 Å². The van der Waals surface area contributed by atoms with E-state index in [1.54, 1.807) is 0 Å². The van der Waals surface area contributed by atoms with Gasteiger partial charge in [-0.05, 0) is 43.3 Å². The summed E-state index contributed by atoms with van der Waals surface area (Å²) in [6, 6.07) is 0.236. The molecule has 1 heteroatoms. The molecule has 0 heterocycles. The molecule has 0 fully saturated rings. The smallest absolute Gasteiger partial charge is 0.00707 e. The fourth-order valence-electron chi connectivity index (χ4n) is 2.05. The minimum absolute atomic E-state index is 0.221. The molecule has 0 spiro atoms. The maximum absolute atomic E-state index is 6.02. The van der Waals surface area contributed by atoms with Crippen LogP contribution < -0.4 is 5.73 Å². The van der Waals surface area contributed by atoms with Crippen LogP contribution in [-0.4, -0.2) is 6.04 Å². The number of nitrogens with two attached hydrogens (primary N) is 1. The Balaban J connectivity index is 2.90. The van der Waals surface area contributed by atoms with E-state index in [0.717, 1.165) is 12.8 Å². The lowest BCUT2D eigenvalue weighted by atomic mass is 9.80. The van der Waals surface area contributed by atoms with Crippen LogP contribution in [0.4, 0.5) is 0 Å². The predicted molar refractivity (Wildman–Crippen MR) is 63.0 cm³/mol. The van der Waals surface area contributed by atoms with Crippen LogP contribution in [0.3, 0.4) is 0 Å². The van der Waals surface area contributed by atoms with Crippen molar-refractivity contribution >= 4 is 0 Å². The maximum atomic E-state index is 6.02. The molecule has 0 amide bonds. The predicted octanol–water partition coefficient (Wildman–Crippen LogP) is 3.19. The van der Waals surface area contributed by atoms with Gasteiger partial charge in [0, 0.05) is 6.04 Å². The van der Waals surface area contributed by atoms with Gasteiger partial charge in [-0.15, -0.1) is 0 Å². The van der Waals surface area contributed by atoms with Crippen molar-refractivity contribution in [2.45, 2.75) is 39.7 Å². The molecule has 0 saturated heterocycles. The summed E-state index contributed by atoms with van der Waals surface area (Å²) in [5.74, 6) is 0. The van der Waals surface area contributed by atoms with Crippen LogP contribution in [-0.2, 0) is 0 Å². The Hall–Kier alpha value is -0.820. The van der Waals surface area contributed by atoms with Gasteiger partial charge in [-0.3, -0.25) is 0 Å². The number of allylic oxidation sites excluding steroid dienone is 5. The van der Waals surface area contributed by atoms with Crippen LogP contribution in [0.1, 0.15) is 33.6 Å². The lowest BCUT2D eigenvalue weighted by Crippen LogP contribution is -2.35. The van der Waals surface area contributed by atoms with Gasteiger partial charge in [0.2, 0.25) is 0 Å². The lowest BCUT2D eigenvalue weighted by molar-refractivity contribution is 0.284. The SMILES string of the molecule is C=CC1=C(/C=C\C)CC(C)(C(C)N)C1. The number of hydrogen-bond donors (Lipinski definition) is 1. The molecule has 0 radical (unpaired) electrons. The number of rotatable bonds is 3. The quantitative estimate of drug-likeness (QED) is 0.728. The molecule has 2 unspecified atom stereocenters. The zero-order valence-electron chi connectivity index (χ0n) is 9.51. The first kappa shape index (κ1) is 11.3. The minimum atomic E-state index is 0.221. The largest absolute Gasteiger partial charge is 0.327 e. The van der Waals surface area contributed by atoms with Gasteiger partial charge in [0.05, 0.1) is 0 Å². The van der Waals surface area contributed by atoms with E-state index >= 15 is 0 Å². The average molecular weight is 191 g/mol. The van der Waals surface area contributed by atoms with Crippen LogP contribution in [0.25, 0.3) is 0 Å². The highest BCUT2D eigenvalue weighted by molar-refractivity contribution is 5.39. The molecule has 14 heavy (non-hydrogen) atoms. The molecular formula is C13H21N. The van der Waals surface area contributed by atoms with Gasteiger partial charge in [0.1, 0.15) is 0 Å². The summed E-state index contributed by atoms with van der Waals surface area (Å²) < 4.78 is 0. The Kier molecular flexibility index (Phi) is 3.33. The van der Waals surface area contributed by atoms with Gasteiger partial charge < -0.3 is 5.73 Å². The minimum Gasteiger partial charge on any atom is -0.327 e. The van der Waals surface area contributed by atoms with Gasteiger partial charge in [-0.2, -0.15) is 0 Å². The molecule has 1 nitrogen and oxygen atoms in total. The molecule has 0 saturated carbocycles. The van der Waals surface area contributed by atoms with E-state index in [9.17, 15) is 0 Å². The molecule has 0 aromatic heterocycles. The van der Waals surface area contributed by atoms with E-state index in [1.165, 1.54) is 11.1 Å².